The van der Waals surface area contributed by atoms with Crippen molar-refractivity contribution in [2.24, 2.45) is 5.73 Å². The van der Waals surface area contributed by atoms with Crippen molar-refractivity contribution in [3.63, 3.8) is 0 Å². The number of carbonyl (C=O) groups is 2. The molecule has 5 N–H and O–H groups in total. The lowest BCUT2D eigenvalue weighted by Gasteiger charge is -2.25. The molecule has 0 spiro atoms. The van der Waals surface area contributed by atoms with E-state index in [1.807, 2.05) is 6.92 Å². The van der Waals surface area contributed by atoms with Gasteiger partial charge in [0.05, 0.1) is 6.42 Å². The number of hydrogen-bond acceptors (Lipinski definition) is 5. The largest absolute Gasteiger partial charge is 0.493 e. The highest BCUT2D eigenvalue weighted by Gasteiger charge is 2.34. The number of nitrogens with two attached hydrogens (primary N) is 1. The Morgan fingerprint density at radius 2 is 2.19 bits per heavy atom. The number of nitrogens with zero attached hydrogens (tertiary/aromatic N) is 1. The van der Waals surface area contributed by atoms with Gasteiger partial charge in [-0.25, -0.2) is 0 Å². The minimum absolute atomic E-state index is 0.0481. The molecule has 7 heteroatoms. The average Bonchev–Trinajstić information content (AvgIpc) is 2.42. The Balaban J connectivity index is 2.87. The molecule has 0 saturated carbocycles. The van der Waals surface area contributed by atoms with E-state index in [1.54, 1.807) is 0 Å². The lowest BCUT2D eigenvalue weighted by molar-refractivity contribution is -0.138. The molecule has 0 aromatic carbocycles. The van der Waals surface area contributed by atoms with E-state index in [1.165, 1.54) is 4.90 Å². The van der Waals surface area contributed by atoms with Gasteiger partial charge in [-0.15, -0.1) is 0 Å². The summed E-state index contributed by atoms with van der Waals surface area (Å²) < 4.78 is 0. The third-order valence-electron chi connectivity index (χ3n) is 2.26. The van der Waals surface area contributed by atoms with Crippen LogP contribution in [-0.2, 0) is 9.59 Å². The Kier molecular flexibility index (Phi) is 3.60. The van der Waals surface area contributed by atoms with Crippen molar-refractivity contribution in [2.45, 2.75) is 25.9 Å². The highest BCUT2D eigenvalue weighted by atomic mass is 16.4. The molecule has 0 bridgehead atoms. The zero-order valence-electron chi connectivity index (χ0n) is 8.93. The van der Waals surface area contributed by atoms with E-state index < -0.39 is 18.0 Å². The van der Waals surface area contributed by atoms with Gasteiger partial charge < -0.3 is 26.2 Å². The van der Waals surface area contributed by atoms with Gasteiger partial charge in [0.2, 0.25) is 5.88 Å². The SMILES string of the molecule is CCCN1C(C(N)=O)=C(O)NC1CC(=O)O. The molecule has 0 aliphatic carbocycles. The van der Waals surface area contributed by atoms with Crippen molar-refractivity contribution in [3.8, 4) is 0 Å². The summed E-state index contributed by atoms with van der Waals surface area (Å²) >= 11 is 0. The molecular formula is C9H15N3O4. The summed E-state index contributed by atoms with van der Waals surface area (Å²) in [5.41, 5.74) is 5.07. The van der Waals surface area contributed by atoms with Gasteiger partial charge in [-0.1, -0.05) is 6.92 Å². The molecule has 1 aliphatic rings. The van der Waals surface area contributed by atoms with Crippen LogP contribution in [0.1, 0.15) is 19.8 Å². The van der Waals surface area contributed by atoms with Gasteiger partial charge in [0, 0.05) is 6.54 Å². The van der Waals surface area contributed by atoms with Crippen LogP contribution in [-0.4, -0.2) is 39.7 Å². The van der Waals surface area contributed by atoms with Crippen LogP contribution >= 0.6 is 0 Å². The highest BCUT2D eigenvalue weighted by molar-refractivity contribution is 5.92. The van der Waals surface area contributed by atoms with Gasteiger partial charge in [-0.2, -0.15) is 0 Å². The second-order valence-corrected chi connectivity index (χ2v) is 3.51. The minimum Gasteiger partial charge on any atom is -0.493 e. The number of carboxylic acids is 1. The lowest BCUT2D eigenvalue weighted by atomic mass is 10.2. The van der Waals surface area contributed by atoms with Gasteiger partial charge >= 0.3 is 5.97 Å². The molecule has 7 nitrogen and oxygen atoms in total. The number of carbonyl (C=O) groups excluding carboxylic acids is 1. The van der Waals surface area contributed by atoms with Crippen molar-refractivity contribution in [3.05, 3.63) is 11.6 Å². The summed E-state index contributed by atoms with van der Waals surface area (Å²) in [6.45, 7) is 2.33. The Morgan fingerprint density at radius 1 is 1.56 bits per heavy atom. The number of nitrogens with one attached hydrogen (secondary N) is 1. The Bertz CT molecular complexity index is 340. The summed E-state index contributed by atoms with van der Waals surface area (Å²) in [5, 5.41) is 20.7. The van der Waals surface area contributed by atoms with Crippen molar-refractivity contribution in [1.29, 1.82) is 0 Å². The molecule has 1 atom stereocenters. The van der Waals surface area contributed by atoms with Crippen molar-refractivity contribution in [2.75, 3.05) is 6.54 Å². The minimum atomic E-state index is -1.02. The summed E-state index contributed by atoms with van der Waals surface area (Å²) in [7, 11) is 0. The van der Waals surface area contributed by atoms with Gasteiger partial charge in [-0.3, -0.25) is 9.59 Å². The first-order valence-electron chi connectivity index (χ1n) is 4.95. The van der Waals surface area contributed by atoms with Crippen LogP contribution in [0.4, 0.5) is 0 Å². The number of carboxylic acid groups (broad SMARTS) is 1. The first kappa shape index (κ1) is 12.2. The molecule has 90 valence electrons. The van der Waals surface area contributed by atoms with Crippen molar-refractivity contribution >= 4 is 11.9 Å². The summed E-state index contributed by atoms with van der Waals surface area (Å²) in [4.78, 5) is 23.2. The number of rotatable bonds is 5. The predicted molar refractivity (Wildman–Crippen MR) is 55.0 cm³/mol. The third-order valence-corrected chi connectivity index (χ3v) is 2.26. The molecule has 16 heavy (non-hydrogen) atoms. The number of amides is 1. The predicted octanol–water partition coefficient (Wildman–Crippen LogP) is -0.685. The molecule has 0 saturated heterocycles. The summed E-state index contributed by atoms with van der Waals surface area (Å²) in [6, 6.07) is 0. The van der Waals surface area contributed by atoms with Gasteiger partial charge in [0.1, 0.15) is 6.17 Å². The fourth-order valence-electron chi connectivity index (χ4n) is 1.69. The zero-order valence-corrected chi connectivity index (χ0v) is 8.93. The highest BCUT2D eigenvalue weighted by Crippen LogP contribution is 2.20. The fraction of sp³-hybridized carbons (Fsp3) is 0.556. The molecule has 0 aromatic rings. The fourth-order valence-corrected chi connectivity index (χ4v) is 1.69. The van der Waals surface area contributed by atoms with Gasteiger partial charge in [-0.05, 0) is 6.42 Å². The van der Waals surface area contributed by atoms with E-state index in [2.05, 4.69) is 5.32 Å². The Labute approximate surface area is 92.5 Å². The smallest absolute Gasteiger partial charge is 0.307 e. The molecule has 1 aliphatic heterocycles. The van der Waals surface area contributed by atoms with Crippen LogP contribution in [0.5, 0.6) is 0 Å². The van der Waals surface area contributed by atoms with Crippen molar-refractivity contribution < 1.29 is 19.8 Å². The first-order valence-corrected chi connectivity index (χ1v) is 4.95. The lowest BCUT2D eigenvalue weighted by Crippen LogP contribution is -2.41. The van der Waals surface area contributed by atoms with Crippen LogP contribution in [0, 0.1) is 0 Å². The molecule has 1 amide bonds. The van der Waals surface area contributed by atoms with Crippen LogP contribution in [0.15, 0.2) is 11.6 Å². The third kappa shape index (κ3) is 2.36. The van der Waals surface area contributed by atoms with Crippen LogP contribution in [0.25, 0.3) is 0 Å². The van der Waals surface area contributed by atoms with E-state index in [0.717, 1.165) is 0 Å². The molecule has 1 rings (SSSR count). The first-order chi connectivity index (χ1) is 7.47. The average molecular weight is 229 g/mol. The number of aliphatic hydroxyl groups excluding tert-OH is 1. The quantitative estimate of drug-likeness (QED) is 0.496. The second kappa shape index (κ2) is 4.73. The number of aliphatic carboxylic acids is 1. The number of hydrogen-bond donors (Lipinski definition) is 4. The molecule has 0 aromatic heterocycles. The number of primary amides is 1. The summed E-state index contributed by atoms with van der Waals surface area (Å²) in [6.07, 6.45) is -0.136. The molecule has 0 radical (unpaired) electrons. The van der Waals surface area contributed by atoms with Gasteiger partial charge in [0.25, 0.3) is 5.91 Å². The van der Waals surface area contributed by atoms with E-state index in [-0.39, 0.29) is 18.0 Å². The Morgan fingerprint density at radius 3 is 2.62 bits per heavy atom. The van der Waals surface area contributed by atoms with Gasteiger partial charge in [0.15, 0.2) is 5.70 Å². The molecule has 1 heterocycles. The van der Waals surface area contributed by atoms with Crippen LogP contribution in [0.2, 0.25) is 0 Å². The van der Waals surface area contributed by atoms with Crippen LogP contribution in [0.3, 0.4) is 0 Å². The van der Waals surface area contributed by atoms with E-state index in [9.17, 15) is 14.7 Å². The maximum Gasteiger partial charge on any atom is 0.307 e. The monoisotopic (exact) mass is 229 g/mol. The zero-order chi connectivity index (χ0) is 12.3. The Hall–Kier alpha value is -1.92. The molecular weight excluding hydrogens is 214 g/mol. The van der Waals surface area contributed by atoms with Crippen LogP contribution < -0.4 is 11.1 Å². The van der Waals surface area contributed by atoms with Crippen molar-refractivity contribution in [1.82, 2.24) is 10.2 Å². The van der Waals surface area contributed by atoms with E-state index in [4.69, 9.17) is 10.8 Å². The standard InChI is InChI=1S/C9H15N3O4/c1-2-3-12-5(4-6(13)14)11-9(16)7(12)8(10)15/h5,11,16H,2-4H2,1H3,(H2,10,15)(H,13,14). The second-order valence-electron chi connectivity index (χ2n) is 3.51. The normalized spacial score (nSPS) is 19.8. The maximum absolute atomic E-state index is 11.1. The van der Waals surface area contributed by atoms with E-state index >= 15 is 0 Å². The topological polar surface area (TPSA) is 116 Å². The van der Waals surface area contributed by atoms with E-state index in [0.29, 0.717) is 13.0 Å². The molecule has 1 unspecified atom stereocenters. The number of aliphatic hydroxyl groups is 1. The molecule has 0 fully saturated rings. The maximum atomic E-state index is 11.1. The summed E-state index contributed by atoms with van der Waals surface area (Å²) in [5.74, 6) is -2.14.